The number of aryl methyl sites for hydroxylation is 1. The third-order valence-corrected chi connectivity index (χ3v) is 3.78. The Hall–Kier alpha value is -0.830. The van der Waals surface area contributed by atoms with Crippen molar-refractivity contribution in [1.82, 2.24) is 0 Å². The fourth-order valence-corrected chi connectivity index (χ4v) is 2.92. The summed E-state index contributed by atoms with van der Waals surface area (Å²) in [5, 5.41) is 0. The highest BCUT2D eigenvalue weighted by atomic mass is 32.2. The van der Waals surface area contributed by atoms with Crippen molar-refractivity contribution in [3.05, 3.63) is 28.8 Å². The number of benzene rings is 1. The van der Waals surface area contributed by atoms with Gasteiger partial charge in [-0.2, -0.15) is 0 Å². The molecule has 88 valence electrons. The van der Waals surface area contributed by atoms with Crippen LogP contribution in [0.1, 0.15) is 37.5 Å². The quantitative estimate of drug-likeness (QED) is 0.694. The minimum Gasteiger partial charge on any atom is -0.480 e. The molecule has 0 amide bonds. The zero-order valence-corrected chi connectivity index (χ0v) is 11.1. The highest BCUT2D eigenvalue weighted by Crippen LogP contribution is 2.37. The van der Waals surface area contributed by atoms with E-state index in [1.165, 1.54) is 11.1 Å². The molecule has 3 heteroatoms. The van der Waals surface area contributed by atoms with Crippen LogP contribution >= 0.6 is 0 Å². The van der Waals surface area contributed by atoms with Crippen molar-refractivity contribution in [2.24, 2.45) is 0 Å². The molecule has 0 fully saturated rings. The summed E-state index contributed by atoms with van der Waals surface area (Å²) in [4.78, 5) is 0. The van der Waals surface area contributed by atoms with Crippen molar-refractivity contribution in [2.75, 3.05) is 5.94 Å². The molecule has 1 aliphatic heterocycles. The second-order valence-electron chi connectivity index (χ2n) is 5.40. The van der Waals surface area contributed by atoms with Crippen LogP contribution in [0.5, 0.6) is 5.75 Å². The largest absolute Gasteiger partial charge is 0.480 e. The lowest BCUT2D eigenvalue weighted by molar-refractivity contribution is 0.362. The van der Waals surface area contributed by atoms with E-state index >= 15 is 0 Å². The first kappa shape index (κ1) is 11.6. The molecule has 1 unspecified atom stereocenters. The molecule has 1 aliphatic rings. The summed E-state index contributed by atoms with van der Waals surface area (Å²) in [6.07, 6.45) is 0. The average Bonchev–Trinajstić information content (AvgIpc) is 2.14. The molecule has 0 saturated heterocycles. The first-order valence-corrected chi connectivity index (χ1v) is 6.98. The van der Waals surface area contributed by atoms with Crippen molar-refractivity contribution in [3.8, 4) is 5.75 Å². The van der Waals surface area contributed by atoms with Crippen molar-refractivity contribution >= 4 is 10.8 Å². The summed E-state index contributed by atoms with van der Waals surface area (Å²) < 4.78 is 17.1. The van der Waals surface area contributed by atoms with Crippen LogP contribution in [0.25, 0.3) is 0 Å². The van der Waals surface area contributed by atoms with Gasteiger partial charge in [0.15, 0.2) is 5.94 Å². The first-order valence-electron chi connectivity index (χ1n) is 5.50. The summed E-state index contributed by atoms with van der Waals surface area (Å²) in [5.41, 5.74) is 3.59. The van der Waals surface area contributed by atoms with Gasteiger partial charge < -0.3 is 4.74 Å². The molecule has 1 aromatic carbocycles. The summed E-state index contributed by atoms with van der Waals surface area (Å²) in [7, 11) is -0.867. The lowest BCUT2D eigenvalue weighted by Gasteiger charge is -2.27. The minimum absolute atomic E-state index is 0.0644. The maximum absolute atomic E-state index is 11.5. The molecule has 1 aromatic rings. The van der Waals surface area contributed by atoms with Gasteiger partial charge in [0.1, 0.15) is 5.75 Å². The molecule has 2 nitrogen and oxygen atoms in total. The number of hydrogen-bond donors (Lipinski definition) is 0. The van der Waals surface area contributed by atoms with E-state index in [-0.39, 0.29) is 5.41 Å². The molecule has 1 heterocycles. The van der Waals surface area contributed by atoms with E-state index in [1.54, 1.807) is 0 Å². The van der Waals surface area contributed by atoms with Gasteiger partial charge in [-0.1, -0.05) is 38.5 Å². The van der Waals surface area contributed by atoms with E-state index in [2.05, 4.69) is 39.8 Å². The standard InChI is InChI=1S/C13H18O2S/c1-9-5-10-7-16(14)8-15-12(10)11(6-9)13(2,3)4/h5-6H,7-8H2,1-4H3. The van der Waals surface area contributed by atoms with E-state index in [0.717, 1.165) is 11.3 Å². The predicted octanol–water partition coefficient (Wildman–Crippen LogP) is 2.89. The van der Waals surface area contributed by atoms with Gasteiger partial charge in [-0.05, 0) is 12.3 Å². The molecule has 0 radical (unpaired) electrons. The van der Waals surface area contributed by atoms with Crippen molar-refractivity contribution in [3.63, 3.8) is 0 Å². The second-order valence-corrected chi connectivity index (χ2v) is 6.80. The normalized spacial score (nSPS) is 20.1. The van der Waals surface area contributed by atoms with Crippen LogP contribution in [0.15, 0.2) is 12.1 Å². The molecule has 0 aliphatic carbocycles. The second kappa shape index (κ2) is 3.88. The third-order valence-electron chi connectivity index (χ3n) is 2.77. The van der Waals surface area contributed by atoms with Crippen molar-refractivity contribution in [1.29, 1.82) is 0 Å². The van der Waals surface area contributed by atoms with Crippen LogP contribution in [0, 0.1) is 6.92 Å². The Labute approximate surface area is 99.5 Å². The van der Waals surface area contributed by atoms with Crippen molar-refractivity contribution < 1.29 is 8.95 Å². The molecule has 2 rings (SSSR count). The first-order chi connectivity index (χ1) is 7.38. The van der Waals surface area contributed by atoms with Crippen LogP contribution in [0.4, 0.5) is 0 Å². The van der Waals surface area contributed by atoms with E-state index < -0.39 is 10.8 Å². The summed E-state index contributed by atoms with van der Waals surface area (Å²) in [5.74, 6) is 1.91. The fraction of sp³-hybridized carbons (Fsp3) is 0.538. The Morgan fingerprint density at radius 3 is 2.62 bits per heavy atom. The lowest BCUT2D eigenvalue weighted by atomic mass is 9.84. The van der Waals surface area contributed by atoms with Gasteiger partial charge in [0.05, 0.1) is 16.6 Å². The zero-order valence-electron chi connectivity index (χ0n) is 10.3. The van der Waals surface area contributed by atoms with Gasteiger partial charge in [0, 0.05) is 11.1 Å². The summed E-state index contributed by atoms with van der Waals surface area (Å²) >= 11 is 0. The Kier molecular flexibility index (Phi) is 2.82. The minimum atomic E-state index is -0.867. The molecular formula is C13H18O2S. The van der Waals surface area contributed by atoms with Crippen LogP contribution < -0.4 is 4.74 Å². The third kappa shape index (κ3) is 2.14. The highest BCUT2D eigenvalue weighted by Gasteiger charge is 2.25. The van der Waals surface area contributed by atoms with E-state index in [9.17, 15) is 4.21 Å². The molecule has 1 atom stereocenters. The Morgan fingerprint density at radius 1 is 1.31 bits per heavy atom. The maximum Gasteiger partial charge on any atom is 0.163 e. The number of rotatable bonds is 0. The van der Waals surface area contributed by atoms with E-state index in [4.69, 9.17) is 4.74 Å². The molecule has 0 spiro atoms. The Bertz CT molecular complexity index is 444. The van der Waals surface area contributed by atoms with Crippen LogP contribution in [0.2, 0.25) is 0 Å². The number of fused-ring (bicyclic) bond motifs is 1. The highest BCUT2D eigenvalue weighted by molar-refractivity contribution is 7.84. The Balaban J connectivity index is 2.59. The van der Waals surface area contributed by atoms with Crippen LogP contribution in [-0.2, 0) is 22.0 Å². The van der Waals surface area contributed by atoms with Crippen LogP contribution in [0.3, 0.4) is 0 Å². The van der Waals surface area contributed by atoms with Gasteiger partial charge in [0.25, 0.3) is 0 Å². The topological polar surface area (TPSA) is 26.3 Å². The number of hydrogen-bond acceptors (Lipinski definition) is 2. The average molecular weight is 238 g/mol. The molecular weight excluding hydrogens is 220 g/mol. The van der Waals surface area contributed by atoms with Gasteiger partial charge in [-0.15, -0.1) is 0 Å². The summed E-state index contributed by atoms with van der Waals surface area (Å²) in [6, 6.07) is 4.26. The Morgan fingerprint density at radius 2 is 2.00 bits per heavy atom. The van der Waals surface area contributed by atoms with Gasteiger partial charge >= 0.3 is 0 Å². The van der Waals surface area contributed by atoms with Gasteiger partial charge in [0.2, 0.25) is 0 Å². The SMILES string of the molecule is Cc1cc2c(c(C(C)(C)C)c1)OCS(=O)C2. The van der Waals surface area contributed by atoms with E-state index in [0.29, 0.717) is 11.7 Å². The smallest absolute Gasteiger partial charge is 0.163 e. The summed E-state index contributed by atoms with van der Waals surface area (Å²) in [6.45, 7) is 8.61. The molecule has 16 heavy (non-hydrogen) atoms. The molecule has 0 bridgehead atoms. The van der Waals surface area contributed by atoms with Gasteiger partial charge in [-0.25, -0.2) is 0 Å². The molecule has 0 N–H and O–H groups in total. The maximum atomic E-state index is 11.5. The van der Waals surface area contributed by atoms with Crippen molar-refractivity contribution in [2.45, 2.75) is 38.9 Å². The number of ether oxygens (including phenoxy) is 1. The monoisotopic (exact) mass is 238 g/mol. The zero-order chi connectivity index (χ0) is 11.9. The predicted molar refractivity (Wildman–Crippen MR) is 67.2 cm³/mol. The lowest BCUT2D eigenvalue weighted by Crippen LogP contribution is -2.21. The fourth-order valence-electron chi connectivity index (χ4n) is 2.02. The molecule has 0 saturated carbocycles. The molecule has 0 aromatic heterocycles. The van der Waals surface area contributed by atoms with Crippen LogP contribution in [-0.4, -0.2) is 10.1 Å². The van der Waals surface area contributed by atoms with E-state index in [1.807, 2.05) is 0 Å². The van der Waals surface area contributed by atoms with Gasteiger partial charge in [-0.3, -0.25) is 4.21 Å².